The lowest BCUT2D eigenvalue weighted by Gasteiger charge is -2.36. The molecule has 1 saturated heterocycles. The molecule has 3 N–H and O–H groups in total. The maximum absolute atomic E-state index is 12.9. The van der Waals surface area contributed by atoms with Crippen molar-refractivity contribution in [1.82, 2.24) is 15.2 Å². The van der Waals surface area contributed by atoms with E-state index >= 15 is 0 Å². The number of hydrogen-bond acceptors (Lipinski definition) is 5. The Bertz CT molecular complexity index is 1030. The molecular formula is C25H28N4O2. The minimum atomic E-state index is 0.0639. The summed E-state index contributed by atoms with van der Waals surface area (Å²) in [5.41, 5.74) is 9.60. The van der Waals surface area contributed by atoms with Crippen LogP contribution in [-0.2, 0) is 6.61 Å². The summed E-state index contributed by atoms with van der Waals surface area (Å²) in [4.78, 5) is 19.1. The largest absolute Gasteiger partial charge is 0.485 e. The molecule has 0 aliphatic carbocycles. The van der Waals surface area contributed by atoms with Crippen molar-refractivity contribution in [1.29, 1.82) is 0 Å². The van der Waals surface area contributed by atoms with Crippen molar-refractivity contribution in [2.75, 3.05) is 18.8 Å². The Morgan fingerprint density at radius 1 is 1.06 bits per heavy atom. The highest BCUT2D eigenvalue weighted by Gasteiger charge is 2.25. The summed E-state index contributed by atoms with van der Waals surface area (Å²) in [5.74, 6) is 0.966. The summed E-state index contributed by atoms with van der Waals surface area (Å²) in [6.07, 6.45) is 1.72. The van der Waals surface area contributed by atoms with Crippen molar-refractivity contribution in [2.45, 2.75) is 32.5 Å². The van der Waals surface area contributed by atoms with E-state index in [0.717, 1.165) is 29.8 Å². The van der Waals surface area contributed by atoms with Crippen LogP contribution in [0.4, 0.5) is 5.82 Å². The second-order valence-corrected chi connectivity index (χ2v) is 8.14. The van der Waals surface area contributed by atoms with Crippen LogP contribution < -0.4 is 15.8 Å². The summed E-state index contributed by atoms with van der Waals surface area (Å²) in [7, 11) is 0. The Morgan fingerprint density at radius 3 is 2.42 bits per heavy atom. The normalized spacial score (nSPS) is 18.6. The van der Waals surface area contributed by atoms with Crippen LogP contribution in [0, 0.1) is 0 Å². The molecule has 2 heterocycles. The zero-order valence-corrected chi connectivity index (χ0v) is 17.9. The SMILES string of the molecule is CC1CN(C(=O)c2ccc(-c3cnc(N)c(OCc4ccccc4)c3)cc2)CC(C)N1. The van der Waals surface area contributed by atoms with Gasteiger partial charge in [0, 0.05) is 42.5 Å². The predicted octanol–water partition coefficient (Wildman–Crippen LogP) is 3.73. The highest BCUT2D eigenvalue weighted by molar-refractivity contribution is 5.95. The molecule has 1 aromatic heterocycles. The van der Waals surface area contributed by atoms with E-state index in [9.17, 15) is 4.79 Å². The van der Waals surface area contributed by atoms with Gasteiger partial charge in [-0.1, -0.05) is 42.5 Å². The van der Waals surface area contributed by atoms with Gasteiger partial charge in [0.1, 0.15) is 6.61 Å². The molecule has 4 rings (SSSR count). The molecular weight excluding hydrogens is 388 g/mol. The number of nitrogen functional groups attached to an aromatic ring is 1. The van der Waals surface area contributed by atoms with Gasteiger partial charge < -0.3 is 20.7 Å². The number of pyridine rings is 1. The lowest BCUT2D eigenvalue weighted by molar-refractivity contribution is 0.0674. The van der Waals surface area contributed by atoms with Crippen molar-refractivity contribution < 1.29 is 9.53 Å². The third kappa shape index (κ3) is 5.03. The van der Waals surface area contributed by atoms with Crippen molar-refractivity contribution >= 4 is 11.7 Å². The number of benzene rings is 2. The van der Waals surface area contributed by atoms with E-state index in [1.165, 1.54) is 0 Å². The van der Waals surface area contributed by atoms with Gasteiger partial charge >= 0.3 is 0 Å². The van der Waals surface area contributed by atoms with Crippen LogP contribution in [0.5, 0.6) is 5.75 Å². The first-order valence-electron chi connectivity index (χ1n) is 10.6. The summed E-state index contributed by atoms with van der Waals surface area (Å²) in [6.45, 7) is 6.06. The maximum atomic E-state index is 12.9. The monoisotopic (exact) mass is 416 g/mol. The van der Waals surface area contributed by atoms with Crippen molar-refractivity contribution in [3.8, 4) is 16.9 Å². The van der Waals surface area contributed by atoms with E-state index in [1.54, 1.807) is 6.20 Å². The summed E-state index contributed by atoms with van der Waals surface area (Å²) in [6, 6.07) is 20.0. The molecule has 31 heavy (non-hydrogen) atoms. The summed E-state index contributed by atoms with van der Waals surface area (Å²) < 4.78 is 5.89. The molecule has 2 aromatic carbocycles. The van der Waals surface area contributed by atoms with E-state index < -0.39 is 0 Å². The van der Waals surface area contributed by atoms with Crippen LogP contribution >= 0.6 is 0 Å². The number of nitrogens with two attached hydrogens (primary N) is 1. The van der Waals surface area contributed by atoms with Crippen LogP contribution in [0.15, 0.2) is 66.9 Å². The van der Waals surface area contributed by atoms with Gasteiger partial charge in [-0.2, -0.15) is 0 Å². The Labute approximate surface area is 183 Å². The number of nitrogens with zero attached hydrogens (tertiary/aromatic N) is 2. The number of ether oxygens (including phenoxy) is 1. The Balaban J connectivity index is 1.48. The average Bonchev–Trinajstić information content (AvgIpc) is 2.78. The average molecular weight is 417 g/mol. The van der Waals surface area contributed by atoms with E-state index in [2.05, 4.69) is 24.1 Å². The zero-order valence-electron chi connectivity index (χ0n) is 17.9. The van der Waals surface area contributed by atoms with E-state index in [0.29, 0.717) is 35.8 Å². The minimum absolute atomic E-state index is 0.0639. The van der Waals surface area contributed by atoms with Gasteiger partial charge in [-0.15, -0.1) is 0 Å². The first-order valence-corrected chi connectivity index (χ1v) is 10.6. The number of piperazine rings is 1. The molecule has 0 radical (unpaired) electrons. The van der Waals surface area contributed by atoms with E-state index in [1.807, 2.05) is 65.6 Å². The molecule has 6 nitrogen and oxygen atoms in total. The number of amides is 1. The molecule has 2 unspecified atom stereocenters. The molecule has 0 spiro atoms. The van der Waals surface area contributed by atoms with Crippen molar-refractivity contribution in [3.05, 3.63) is 78.0 Å². The molecule has 1 aliphatic heterocycles. The van der Waals surface area contributed by atoms with Gasteiger partial charge in [-0.3, -0.25) is 4.79 Å². The van der Waals surface area contributed by atoms with Crippen LogP contribution in [0.1, 0.15) is 29.8 Å². The van der Waals surface area contributed by atoms with Crippen LogP contribution in [0.25, 0.3) is 11.1 Å². The molecule has 1 amide bonds. The topological polar surface area (TPSA) is 80.5 Å². The molecule has 3 aromatic rings. The molecule has 6 heteroatoms. The lowest BCUT2D eigenvalue weighted by Crippen LogP contribution is -2.55. The first kappa shape index (κ1) is 20.9. The number of aromatic nitrogens is 1. The Hall–Kier alpha value is -3.38. The highest BCUT2D eigenvalue weighted by Crippen LogP contribution is 2.28. The van der Waals surface area contributed by atoms with Gasteiger partial charge in [0.15, 0.2) is 11.6 Å². The summed E-state index contributed by atoms with van der Waals surface area (Å²) >= 11 is 0. The molecule has 160 valence electrons. The number of anilines is 1. The number of hydrogen-bond donors (Lipinski definition) is 2. The second kappa shape index (κ2) is 9.18. The fourth-order valence-electron chi connectivity index (χ4n) is 3.94. The van der Waals surface area contributed by atoms with Gasteiger partial charge in [-0.25, -0.2) is 4.98 Å². The summed E-state index contributed by atoms with van der Waals surface area (Å²) in [5, 5.41) is 3.45. The molecule has 0 saturated carbocycles. The molecule has 0 bridgehead atoms. The molecule has 1 aliphatic rings. The van der Waals surface area contributed by atoms with Gasteiger partial charge in [0.25, 0.3) is 5.91 Å². The predicted molar refractivity (Wildman–Crippen MR) is 123 cm³/mol. The minimum Gasteiger partial charge on any atom is -0.485 e. The highest BCUT2D eigenvalue weighted by atomic mass is 16.5. The van der Waals surface area contributed by atoms with Gasteiger partial charge in [0.2, 0.25) is 0 Å². The Morgan fingerprint density at radius 2 is 1.74 bits per heavy atom. The van der Waals surface area contributed by atoms with Crippen LogP contribution in [0.3, 0.4) is 0 Å². The smallest absolute Gasteiger partial charge is 0.253 e. The van der Waals surface area contributed by atoms with E-state index in [4.69, 9.17) is 10.5 Å². The van der Waals surface area contributed by atoms with Crippen LogP contribution in [0.2, 0.25) is 0 Å². The lowest BCUT2D eigenvalue weighted by atomic mass is 10.0. The van der Waals surface area contributed by atoms with Crippen molar-refractivity contribution in [2.24, 2.45) is 0 Å². The fourth-order valence-corrected chi connectivity index (χ4v) is 3.94. The third-order valence-electron chi connectivity index (χ3n) is 5.43. The van der Waals surface area contributed by atoms with E-state index in [-0.39, 0.29) is 5.91 Å². The number of carbonyl (C=O) groups is 1. The fraction of sp³-hybridized carbons (Fsp3) is 0.280. The molecule has 1 fully saturated rings. The van der Waals surface area contributed by atoms with Gasteiger partial charge in [0.05, 0.1) is 0 Å². The standard InChI is InChI=1S/C25H28N4O2/c1-17-14-29(15-18(2)28-17)25(30)21-10-8-20(9-11-21)22-12-23(24(26)27-13-22)31-16-19-6-4-3-5-7-19/h3-13,17-18,28H,14-16H2,1-2H3,(H2,26,27). The number of carbonyl (C=O) groups excluding carboxylic acids is 1. The second-order valence-electron chi connectivity index (χ2n) is 8.14. The first-order chi connectivity index (χ1) is 15.0. The van der Waals surface area contributed by atoms with Crippen LogP contribution in [-0.4, -0.2) is 41.0 Å². The third-order valence-corrected chi connectivity index (χ3v) is 5.43. The number of nitrogens with one attached hydrogen (secondary N) is 1. The van der Waals surface area contributed by atoms with Gasteiger partial charge in [-0.05, 0) is 43.2 Å². The maximum Gasteiger partial charge on any atom is 0.253 e. The quantitative estimate of drug-likeness (QED) is 0.662. The van der Waals surface area contributed by atoms with Crippen molar-refractivity contribution in [3.63, 3.8) is 0 Å². The number of rotatable bonds is 5. The Kier molecular flexibility index (Phi) is 6.18. The molecule has 2 atom stereocenters. The zero-order chi connectivity index (χ0) is 21.8.